The van der Waals surface area contributed by atoms with Crippen molar-refractivity contribution in [1.82, 2.24) is 4.98 Å². The average molecular weight is 271 g/mol. The van der Waals surface area contributed by atoms with E-state index in [1.165, 1.54) is 11.4 Å². The Morgan fingerprint density at radius 1 is 1.39 bits per heavy atom. The molecule has 0 aliphatic rings. The van der Waals surface area contributed by atoms with Crippen LogP contribution < -0.4 is 4.74 Å². The van der Waals surface area contributed by atoms with Gasteiger partial charge in [0.25, 0.3) is 0 Å². The van der Waals surface area contributed by atoms with Gasteiger partial charge in [-0.2, -0.15) is 0 Å². The quantitative estimate of drug-likeness (QED) is 0.928. The fourth-order valence-corrected chi connectivity index (χ4v) is 1.88. The van der Waals surface area contributed by atoms with Gasteiger partial charge in [0, 0.05) is 5.38 Å². The van der Waals surface area contributed by atoms with E-state index < -0.39 is 23.4 Å². The Labute approximate surface area is 104 Å². The molecule has 0 bridgehead atoms. The molecule has 2 rings (SSSR count). The number of nitrogens with zero attached hydrogens (tertiary/aromatic N) is 1. The van der Waals surface area contributed by atoms with Gasteiger partial charge in [0.2, 0.25) is 5.01 Å². The molecule has 1 heterocycles. The number of aromatic nitrogens is 1. The summed E-state index contributed by atoms with van der Waals surface area (Å²) in [6.07, 6.45) is 0. The lowest BCUT2D eigenvalue weighted by atomic mass is 10.3. The predicted octanol–water partition coefficient (Wildman–Crippen LogP) is 2.70. The topological polar surface area (TPSA) is 59.4 Å². The van der Waals surface area contributed by atoms with Gasteiger partial charge in [-0.1, -0.05) is 6.07 Å². The summed E-state index contributed by atoms with van der Waals surface area (Å²) in [7, 11) is 0. The molecule has 0 radical (unpaired) electrons. The molecule has 1 aromatic heterocycles. The second kappa shape index (κ2) is 5.09. The number of halogens is 2. The van der Waals surface area contributed by atoms with Gasteiger partial charge in [0.1, 0.15) is 6.61 Å². The van der Waals surface area contributed by atoms with Gasteiger partial charge in [-0.25, -0.2) is 18.6 Å². The maximum Gasteiger partial charge on any atom is 0.365 e. The van der Waals surface area contributed by atoms with E-state index in [0.29, 0.717) is 5.69 Å². The highest BCUT2D eigenvalue weighted by Gasteiger charge is 2.12. The summed E-state index contributed by atoms with van der Waals surface area (Å²) in [6.45, 7) is -0.193. The largest absolute Gasteiger partial charge is 0.481 e. The number of carboxylic acid groups (broad SMARTS) is 1. The van der Waals surface area contributed by atoms with Crippen molar-refractivity contribution in [1.29, 1.82) is 0 Å². The number of hydrogen-bond donors (Lipinski definition) is 1. The molecule has 2 aromatic rings. The van der Waals surface area contributed by atoms with Crippen molar-refractivity contribution in [3.63, 3.8) is 0 Å². The van der Waals surface area contributed by atoms with Crippen molar-refractivity contribution in [2.45, 2.75) is 6.61 Å². The van der Waals surface area contributed by atoms with Crippen LogP contribution in [0.5, 0.6) is 5.75 Å². The third-order valence-corrected chi connectivity index (χ3v) is 2.90. The molecular weight excluding hydrogens is 264 g/mol. The van der Waals surface area contributed by atoms with E-state index in [4.69, 9.17) is 9.84 Å². The van der Waals surface area contributed by atoms with E-state index in [9.17, 15) is 13.6 Å². The minimum Gasteiger partial charge on any atom is -0.481 e. The molecule has 18 heavy (non-hydrogen) atoms. The number of para-hydroxylation sites is 1. The first-order valence-corrected chi connectivity index (χ1v) is 5.70. The smallest absolute Gasteiger partial charge is 0.365 e. The number of hydrogen-bond acceptors (Lipinski definition) is 4. The zero-order valence-corrected chi connectivity index (χ0v) is 9.71. The maximum absolute atomic E-state index is 13.2. The molecule has 0 spiro atoms. The third-order valence-electron chi connectivity index (χ3n) is 2.02. The van der Waals surface area contributed by atoms with Gasteiger partial charge < -0.3 is 9.84 Å². The van der Waals surface area contributed by atoms with E-state index >= 15 is 0 Å². The van der Waals surface area contributed by atoms with Crippen LogP contribution in [0.25, 0.3) is 0 Å². The molecule has 0 saturated carbocycles. The normalized spacial score (nSPS) is 10.3. The van der Waals surface area contributed by atoms with Gasteiger partial charge in [-0.05, 0) is 12.1 Å². The van der Waals surface area contributed by atoms with E-state index in [1.807, 2.05) is 0 Å². The van der Waals surface area contributed by atoms with Crippen LogP contribution in [0, 0.1) is 11.6 Å². The molecule has 0 fully saturated rings. The number of carboxylic acids is 1. The van der Waals surface area contributed by atoms with Crippen molar-refractivity contribution < 1.29 is 23.4 Å². The van der Waals surface area contributed by atoms with Crippen LogP contribution in [0.15, 0.2) is 23.6 Å². The van der Waals surface area contributed by atoms with Gasteiger partial charge in [-0.15, -0.1) is 11.3 Å². The average Bonchev–Trinajstić information content (AvgIpc) is 2.77. The molecular formula is C11H7F2NO3S. The first-order chi connectivity index (χ1) is 8.58. The summed E-state index contributed by atoms with van der Waals surface area (Å²) in [5, 5.41) is 10.0. The molecule has 0 aliphatic carbocycles. The highest BCUT2D eigenvalue weighted by atomic mass is 32.1. The fraction of sp³-hybridized carbons (Fsp3) is 0.0909. The summed E-state index contributed by atoms with van der Waals surface area (Å²) < 4.78 is 31.4. The second-order valence-electron chi connectivity index (χ2n) is 3.29. The van der Waals surface area contributed by atoms with Crippen LogP contribution in [-0.4, -0.2) is 16.1 Å². The Kier molecular flexibility index (Phi) is 3.52. The summed E-state index contributed by atoms with van der Waals surface area (Å²) in [6, 6.07) is 3.37. The molecule has 7 heteroatoms. The number of aromatic carboxylic acids is 1. The molecule has 94 valence electrons. The number of rotatable bonds is 4. The van der Waals surface area contributed by atoms with E-state index in [1.54, 1.807) is 0 Å². The van der Waals surface area contributed by atoms with Crippen LogP contribution in [0.1, 0.15) is 15.5 Å². The Hall–Kier alpha value is -2.02. The number of thiazole rings is 1. The third kappa shape index (κ3) is 2.62. The van der Waals surface area contributed by atoms with Crippen LogP contribution in [0.2, 0.25) is 0 Å². The molecule has 1 aromatic carbocycles. The maximum atomic E-state index is 13.2. The molecule has 0 atom stereocenters. The monoisotopic (exact) mass is 271 g/mol. The van der Waals surface area contributed by atoms with Crippen molar-refractivity contribution >= 4 is 17.3 Å². The molecule has 0 amide bonds. The van der Waals surface area contributed by atoms with Crippen LogP contribution in [0.4, 0.5) is 8.78 Å². The van der Waals surface area contributed by atoms with Gasteiger partial charge in [0.05, 0.1) is 5.69 Å². The lowest BCUT2D eigenvalue weighted by molar-refractivity contribution is 0.0696. The highest BCUT2D eigenvalue weighted by Crippen LogP contribution is 2.22. The minimum absolute atomic E-state index is 0.0948. The summed E-state index contributed by atoms with van der Waals surface area (Å²) in [5.41, 5.74) is 0.306. The number of ether oxygens (including phenoxy) is 1. The van der Waals surface area contributed by atoms with Crippen molar-refractivity contribution in [2.75, 3.05) is 0 Å². The Morgan fingerprint density at radius 2 is 2.06 bits per heavy atom. The van der Waals surface area contributed by atoms with Gasteiger partial charge in [0.15, 0.2) is 17.4 Å². The first-order valence-electron chi connectivity index (χ1n) is 4.82. The van der Waals surface area contributed by atoms with Crippen LogP contribution in [0.3, 0.4) is 0 Å². The predicted molar refractivity (Wildman–Crippen MR) is 59.8 cm³/mol. The summed E-state index contributed by atoms with van der Waals surface area (Å²) >= 11 is 0.923. The highest BCUT2D eigenvalue weighted by molar-refractivity contribution is 7.11. The van der Waals surface area contributed by atoms with E-state index in [-0.39, 0.29) is 11.6 Å². The Bertz CT molecular complexity index is 565. The second-order valence-corrected chi connectivity index (χ2v) is 4.15. The summed E-state index contributed by atoms with van der Waals surface area (Å²) in [5.74, 6) is -3.28. The molecule has 1 N–H and O–H groups in total. The number of carbonyl (C=O) groups is 1. The number of benzene rings is 1. The SMILES string of the molecule is O=C(O)c1nc(COc2c(F)cccc2F)cs1. The van der Waals surface area contributed by atoms with Crippen molar-refractivity contribution in [2.24, 2.45) is 0 Å². The molecule has 0 unspecified atom stereocenters. The lowest BCUT2D eigenvalue weighted by Crippen LogP contribution is -2.01. The zero-order valence-electron chi connectivity index (χ0n) is 8.89. The molecule has 4 nitrogen and oxygen atoms in total. The molecule has 0 aliphatic heterocycles. The fourth-order valence-electron chi connectivity index (χ4n) is 1.24. The van der Waals surface area contributed by atoms with Gasteiger partial charge in [-0.3, -0.25) is 0 Å². The lowest BCUT2D eigenvalue weighted by Gasteiger charge is -2.06. The first kappa shape index (κ1) is 12.4. The van der Waals surface area contributed by atoms with E-state index in [0.717, 1.165) is 23.5 Å². The Balaban J connectivity index is 2.09. The van der Waals surface area contributed by atoms with E-state index in [2.05, 4.69) is 4.98 Å². The van der Waals surface area contributed by atoms with Crippen LogP contribution in [-0.2, 0) is 6.61 Å². The standard InChI is InChI=1S/C11H7F2NO3S/c12-7-2-1-3-8(13)9(7)17-4-6-5-18-10(14-6)11(15)16/h1-3,5H,4H2,(H,15,16). The summed E-state index contributed by atoms with van der Waals surface area (Å²) in [4.78, 5) is 14.3. The minimum atomic E-state index is -1.15. The Morgan fingerprint density at radius 3 is 2.61 bits per heavy atom. The van der Waals surface area contributed by atoms with Gasteiger partial charge >= 0.3 is 5.97 Å². The van der Waals surface area contributed by atoms with Crippen LogP contribution >= 0.6 is 11.3 Å². The van der Waals surface area contributed by atoms with Crippen molar-refractivity contribution in [3.8, 4) is 5.75 Å². The van der Waals surface area contributed by atoms with Crippen molar-refractivity contribution in [3.05, 3.63) is 45.9 Å². The zero-order chi connectivity index (χ0) is 13.1. The molecule has 0 saturated heterocycles.